The molecule has 0 atom stereocenters. The molecule has 0 unspecified atom stereocenters. The van der Waals surface area contributed by atoms with E-state index in [2.05, 4.69) is 11.1 Å². The normalized spacial score (nSPS) is 9.87. The summed E-state index contributed by atoms with van der Waals surface area (Å²) in [4.78, 5) is 4.12. The standard InChI is InChI=1S/C12H10NO2/c14-11-5-3-6-12(8-11)15-9-10-4-1-2-7-13-10/h1-4,6-8,14H,9H2. The molecule has 2 aromatic rings. The molecule has 0 spiro atoms. The molecule has 0 aliphatic carbocycles. The molecule has 0 saturated carbocycles. The summed E-state index contributed by atoms with van der Waals surface area (Å²) < 4.78 is 5.43. The highest BCUT2D eigenvalue weighted by Crippen LogP contribution is 2.17. The fraction of sp³-hybridized carbons (Fsp3) is 0.0833. The third kappa shape index (κ3) is 2.71. The number of aromatic hydroxyl groups is 1. The Hall–Kier alpha value is -2.03. The van der Waals surface area contributed by atoms with Gasteiger partial charge in [-0.05, 0) is 24.3 Å². The number of benzene rings is 1. The van der Waals surface area contributed by atoms with Crippen LogP contribution in [0.2, 0.25) is 0 Å². The molecule has 0 aliphatic rings. The first-order valence-electron chi connectivity index (χ1n) is 4.58. The van der Waals surface area contributed by atoms with Crippen molar-refractivity contribution in [3.05, 3.63) is 54.4 Å². The average Bonchev–Trinajstić information content (AvgIpc) is 2.28. The fourth-order valence-electron chi connectivity index (χ4n) is 1.16. The van der Waals surface area contributed by atoms with Gasteiger partial charge >= 0.3 is 0 Å². The van der Waals surface area contributed by atoms with E-state index in [1.807, 2.05) is 18.2 Å². The van der Waals surface area contributed by atoms with Crippen molar-refractivity contribution in [3.63, 3.8) is 0 Å². The lowest BCUT2D eigenvalue weighted by Gasteiger charge is -2.05. The van der Waals surface area contributed by atoms with Gasteiger partial charge in [-0.1, -0.05) is 6.07 Å². The predicted molar refractivity (Wildman–Crippen MR) is 55.5 cm³/mol. The Morgan fingerprint density at radius 1 is 1.33 bits per heavy atom. The van der Waals surface area contributed by atoms with Crippen LogP contribution in [0.15, 0.2) is 42.6 Å². The van der Waals surface area contributed by atoms with Gasteiger partial charge in [-0.2, -0.15) is 0 Å². The molecule has 15 heavy (non-hydrogen) atoms. The topological polar surface area (TPSA) is 42.4 Å². The van der Waals surface area contributed by atoms with Gasteiger partial charge in [0.25, 0.3) is 0 Å². The monoisotopic (exact) mass is 200 g/mol. The molecule has 1 aromatic heterocycles. The van der Waals surface area contributed by atoms with Crippen LogP contribution in [-0.2, 0) is 6.61 Å². The second kappa shape index (κ2) is 4.46. The summed E-state index contributed by atoms with van der Waals surface area (Å²) >= 11 is 0. The number of phenolic OH excluding ortho intramolecular Hbond substituents is 1. The van der Waals surface area contributed by atoms with Crippen molar-refractivity contribution in [1.29, 1.82) is 0 Å². The van der Waals surface area contributed by atoms with E-state index in [1.165, 1.54) is 6.07 Å². The van der Waals surface area contributed by atoms with Gasteiger partial charge in [0.2, 0.25) is 0 Å². The predicted octanol–water partition coefficient (Wildman–Crippen LogP) is 2.17. The van der Waals surface area contributed by atoms with E-state index in [9.17, 15) is 0 Å². The van der Waals surface area contributed by atoms with Crippen molar-refractivity contribution in [2.45, 2.75) is 6.61 Å². The highest BCUT2D eigenvalue weighted by Gasteiger charge is 1.97. The van der Waals surface area contributed by atoms with Crippen LogP contribution < -0.4 is 4.74 Å². The van der Waals surface area contributed by atoms with Crippen molar-refractivity contribution >= 4 is 0 Å². The van der Waals surface area contributed by atoms with Gasteiger partial charge in [-0.3, -0.25) is 4.98 Å². The number of nitrogens with zero attached hydrogens (tertiary/aromatic N) is 1. The molecule has 3 heteroatoms. The molecule has 1 N–H and O–H groups in total. The quantitative estimate of drug-likeness (QED) is 0.825. The summed E-state index contributed by atoms with van der Waals surface area (Å²) in [6.07, 6.45) is 1.72. The minimum atomic E-state index is 0.0773. The van der Waals surface area contributed by atoms with Gasteiger partial charge in [0.1, 0.15) is 18.1 Å². The summed E-state index contributed by atoms with van der Waals surface area (Å²) in [7, 11) is 0. The number of ether oxygens (including phenoxy) is 1. The fourth-order valence-corrected chi connectivity index (χ4v) is 1.16. The number of rotatable bonds is 3. The molecule has 0 amide bonds. The molecule has 0 aliphatic heterocycles. The zero-order valence-corrected chi connectivity index (χ0v) is 8.05. The van der Waals surface area contributed by atoms with Gasteiger partial charge in [0.05, 0.1) is 5.69 Å². The number of aromatic nitrogens is 1. The highest BCUT2D eigenvalue weighted by atomic mass is 16.5. The van der Waals surface area contributed by atoms with Gasteiger partial charge in [-0.25, -0.2) is 0 Å². The van der Waals surface area contributed by atoms with Gasteiger partial charge in [-0.15, -0.1) is 0 Å². The Kier molecular flexibility index (Phi) is 2.83. The largest absolute Gasteiger partial charge is 0.507 e. The summed E-state index contributed by atoms with van der Waals surface area (Å²) in [5.74, 6) is 0.686. The van der Waals surface area contributed by atoms with Crippen LogP contribution >= 0.6 is 0 Å². The second-order valence-corrected chi connectivity index (χ2v) is 3.02. The third-order valence-corrected chi connectivity index (χ3v) is 1.87. The summed E-state index contributed by atoms with van der Waals surface area (Å²) in [6, 6.07) is 13.1. The molecule has 1 aromatic carbocycles. The molecule has 0 fully saturated rings. The molecular formula is C12H10NO2. The van der Waals surface area contributed by atoms with Crippen LogP contribution in [-0.4, -0.2) is 10.1 Å². The lowest BCUT2D eigenvalue weighted by molar-refractivity contribution is 0.299. The van der Waals surface area contributed by atoms with Crippen molar-refractivity contribution < 1.29 is 9.84 Å². The molecule has 75 valence electrons. The highest BCUT2D eigenvalue weighted by molar-refractivity contribution is 5.30. The van der Waals surface area contributed by atoms with Crippen LogP contribution in [0.1, 0.15) is 5.69 Å². The van der Waals surface area contributed by atoms with E-state index in [-0.39, 0.29) is 5.75 Å². The number of hydrogen-bond donors (Lipinski definition) is 1. The average molecular weight is 200 g/mol. The first-order chi connectivity index (χ1) is 7.34. The van der Waals surface area contributed by atoms with Crippen LogP contribution in [0.4, 0.5) is 0 Å². The van der Waals surface area contributed by atoms with E-state index < -0.39 is 0 Å². The Bertz CT molecular complexity index is 429. The first kappa shape index (κ1) is 9.52. The number of phenols is 1. The van der Waals surface area contributed by atoms with Crippen LogP contribution in [0.5, 0.6) is 11.5 Å². The van der Waals surface area contributed by atoms with Crippen LogP contribution in [0.3, 0.4) is 0 Å². The van der Waals surface area contributed by atoms with Crippen LogP contribution in [0.25, 0.3) is 0 Å². The molecule has 0 bridgehead atoms. The Labute approximate surface area is 88.0 Å². The molecule has 0 saturated heterocycles. The summed E-state index contributed by atoms with van der Waals surface area (Å²) in [6.45, 7) is 0.393. The maximum Gasteiger partial charge on any atom is 0.130 e. The molecule has 1 heterocycles. The summed E-state index contributed by atoms with van der Waals surface area (Å²) in [5, 5.41) is 9.16. The van der Waals surface area contributed by atoms with E-state index in [4.69, 9.17) is 9.84 Å². The first-order valence-corrected chi connectivity index (χ1v) is 4.58. The number of hydrogen-bond acceptors (Lipinski definition) is 3. The van der Waals surface area contributed by atoms with E-state index in [1.54, 1.807) is 18.3 Å². The van der Waals surface area contributed by atoms with E-state index in [0.717, 1.165) is 5.69 Å². The van der Waals surface area contributed by atoms with Crippen molar-refractivity contribution in [1.82, 2.24) is 4.98 Å². The molecule has 1 radical (unpaired) electrons. The maximum atomic E-state index is 9.16. The van der Waals surface area contributed by atoms with E-state index >= 15 is 0 Å². The zero-order valence-electron chi connectivity index (χ0n) is 8.05. The van der Waals surface area contributed by atoms with Gasteiger partial charge in [0, 0.05) is 18.3 Å². The Morgan fingerprint density at radius 3 is 3.00 bits per heavy atom. The second-order valence-electron chi connectivity index (χ2n) is 3.02. The Balaban J connectivity index is 1.99. The van der Waals surface area contributed by atoms with Crippen molar-refractivity contribution in [2.75, 3.05) is 0 Å². The molecule has 2 rings (SSSR count). The minimum absolute atomic E-state index is 0.0773. The summed E-state index contributed by atoms with van der Waals surface area (Å²) in [5.41, 5.74) is 0.852. The van der Waals surface area contributed by atoms with Crippen molar-refractivity contribution in [2.24, 2.45) is 0 Å². The lowest BCUT2D eigenvalue weighted by Crippen LogP contribution is -1.97. The maximum absolute atomic E-state index is 9.16. The third-order valence-electron chi connectivity index (χ3n) is 1.87. The number of pyridine rings is 1. The Morgan fingerprint density at radius 2 is 2.27 bits per heavy atom. The molecular weight excluding hydrogens is 190 g/mol. The minimum Gasteiger partial charge on any atom is -0.507 e. The van der Waals surface area contributed by atoms with Gasteiger partial charge in [0.15, 0.2) is 0 Å². The van der Waals surface area contributed by atoms with Crippen molar-refractivity contribution in [3.8, 4) is 11.5 Å². The zero-order chi connectivity index (χ0) is 10.5. The molecule has 3 nitrogen and oxygen atoms in total. The SMILES string of the molecule is Oc1[c]ccc(OCc2ccccn2)c1. The van der Waals surface area contributed by atoms with E-state index in [0.29, 0.717) is 12.4 Å². The lowest BCUT2D eigenvalue weighted by atomic mass is 10.3. The van der Waals surface area contributed by atoms with Gasteiger partial charge < -0.3 is 9.84 Å². The van der Waals surface area contributed by atoms with Crippen LogP contribution in [0, 0.1) is 6.07 Å². The smallest absolute Gasteiger partial charge is 0.130 e.